The monoisotopic (exact) mass is 499 g/mol. The lowest BCUT2D eigenvalue weighted by atomic mass is 10.1. The van der Waals surface area contributed by atoms with Crippen LogP contribution in [0.2, 0.25) is 0 Å². The van der Waals surface area contributed by atoms with E-state index >= 15 is 0 Å². The van der Waals surface area contributed by atoms with E-state index in [-0.39, 0.29) is 18.1 Å². The Balaban J connectivity index is 1.63. The van der Waals surface area contributed by atoms with Gasteiger partial charge < -0.3 is 10.1 Å². The second-order valence-electron chi connectivity index (χ2n) is 8.32. The minimum Gasteiger partial charge on any atom is -0.491 e. The molecule has 3 rings (SSSR count). The van der Waals surface area contributed by atoms with Crippen LogP contribution < -0.4 is 14.4 Å². The third kappa shape index (κ3) is 6.58. The van der Waals surface area contributed by atoms with E-state index in [1.54, 1.807) is 30.3 Å². The van der Waals surface area contributed by atoms with Crippen molar-refractivity contribution in [1.82, 2.24) is 9.62 Å². The fraction of sp³-hybridized carbons (Fsp3) is 0.269. The summed E-state index contributed by atoms with van der Waals surface area (Å²) in [6.45, 7) is 4.55. The Kier molecular flexibility index (Phi) is 8.48. The van der Waals surface area contributed by atoms with Crippen LogP contribution in [0.4, 0.5) is 10.1 Å². The molecule has 7 nitrogen and oxygen atoms in total. The van der Waals surface area contributed by atoms with Crippen LogP contribution in [0.25, 0.3) is 0 Å². The number of benzene rings is 3. The number of aryl methyl sites for hydroxylation is 2. The summed E-state index contributed by atoms with van der Waals surface area (Å²) in [7, 11) is -1.17. The van der Waals surface area contributed by atoms with E-state index in [0.717, 1.165) is 25.5 Å². The summed E-state index contributed by atoms with van der Waals surface area (Å²) in [6.07, 6.45) is 0. The molecule has 0 fully saturated rings. The van der Waals surface area contributed by atoms with Crippen molar-refractivity contribution in [1.29, 1.82) is 0 Å². The summed E-state index contributed by atoms with van der Waals surface area (Å²) in [5.41, 5.74) is 3.17. The van der Waals surface area contributed by atoms with Crippen LogP contribution in [0.15, 0.2) is 66.7 Å². The molecule has 9 heteroatoms. The lowest BCUT2D eigenvalue weighted by molar-refractivity contribution is 0.0947. The number of amides is 1. The Hall–Kier alpha value is -3.43. The first-order chi connectivity index (χ1) is 16.6. The molecule has 0 bridgehead atoms. The summed E-state index contributed by atoms with van der Waals surface area (Å²) in [5, 5.41) is 2.81. The summed E-state index contributed by atoms with van der Waals surface area (Å²) in [6, 6.07) is 18.1. The third-order valence-electron chi connectivity index (χ3n) is 5.38. The van der Waals surface area contributed by atoms with Gasteiger partial charge in [0.05, 0.1) is 18.8 Å². The molecule has 186 valence electrons. The lowest BCUT2D eigenvalue weighted by Crippen LogP contribution is -2.40. The number of ether oxygens (including phenoxy) is 1. The Labute approximate surface area is 206 Å². The maximum absolute atomic E-state index is 14.4. The number of para-hydroxylation sites is 1. The molecule has 0 radical (unpaired) electrons. The first kappa shape index (κ1) is 26.2. The van der Waals surface area contributed by atoms with Gasteiger partial charge in [0.25, 0.3) is 5.91 Å². The predicted octanol–water partition coefficient (Wildman–Crippen LogP) is 4.06. The van der Waals surface area contributed by atoms with Crippen molar-refractivity contribution in [2.45, 2.75) is 20.4 Å². The minimum absolute atomic E-state index is 0.0492. The highest BCUT2D eigenvalue weighted by molar-refractivity contribution is 7.90. The van der Waals surface area contributed by atoms with Crippen LogP contribution in [0.1, 0.15) is 27.0 Å². The van der Waals surface area contributed by atoms with Crippen molar-refractivity contribution < 1.29 is 22.3 Å². The van der Waals surface area contributed by atoms with Gasteiger partial charge in [-0.1, -0.05) is 42.0 Å². The molecule has 35 heavy (non-hydrogen) atoms. The van der Waals surface area contributed by atoms with Crippen LogP contribution in [0.5, 0.6) is 5.75 Å². The fourth-order valence-electron chi connectivity index (χ4n) is 3.46. The SMILES string of the molecule is Cc1ccc(OCCNC(=O)c2ccc(CN(c3ccccc3F)S(=O)(=O)N(C)C)cc2)c(C)c1. The summed E-state index contributed by atoms with van der Waals surface area (Å²) in [5.74, 6) is -0.133. The van der Waals surface area contributed by atoms with Crippen molar-refractivity contribution in [3.8, 4) is 5.75 Å². The van der Waals surface area contributed by atoms with E-state index in [1.165, 1.54) is 32.3 Å². The zero-order valence-electron chi connectivity index (χ0n) is 20.3. The van der Waals surface area contributed by atoms with E-state index in [0.29, 0.717) is 24.3 Å². The van der Waals surface area contributed by atoms with Crippen molar-refractivity contribution >= 4 is 21.8 Å². The molecule has 0 aliphatic carbocycles. The molecule has 3 aromatic carbocycles. The highest BCUT2D eigenvalue weighted by atomic mass is 32.2. The average molecular weight is 500 g/mol. The Bertz CT molecular complexity index is 1280. The molecule has 1 amide bonds. The van der Waals surface area contributed by atoms with Gasteiger partial charge in [0.2, 0.25) is 0 Å². The summed E-state index contributed by atoms with van der Waals surface area (Å²) in [4.78, 5) is 12.5. The smallest absolute Gasteiger partial charge is 0.303 e. The average Bonchev–Trinajstić information content (AvgIpc) is 2.82. The van der Waals surface area contributed by atoms with E-state index < -0.39 is 16.0 Å². The van der Waals surface area contributed by atoms with Gasteiger partial charge >= 0.3 is 10.2 Å². The fourth-order valence-corrected chi connectivity index (χ4v) is 4.56. The number of nitrogens with one attached hydrogen (secondary N) is 1. The molecule has 0 aromatic heterocycles. The highest BCUT2D eigenvalue weighted by Gasteiger charge is 2.27. The van der Waals surface area contributed by atoms with E-state index in [4.69, 9.17) is 4.74 Å². The van der Waals surface area contributed by atoms with Gasteiger partial charge in [0, 0.05) is 19.7 Å². The maximum Gasteiger partial charge on any atom is 0.303 e. The number of rotatable bonds is 10. The zero-order chi connectivity index (χ0) is 25.6. The minimum atomic E-state index is -3.95. The number of carbonyl (C=O) groups is 1. The van der Waals surface area contributed by atoms with Crippen molar-refractivity contribution in [2.24, 2.45) is 0 Å². The van der Waals surface area contributed by atoms with E-state index in [9.17, 15) is 17.6 Å². The molecule has 0 unspecified atom stereocenters. The number of nitrogens with zero attached hydrogens (tertiary/aromatic N) is 2. The Morgan fingerprint density at radius 1 is 1.00 bits per heavy atom. The van der Waals surface area contributed by atoms with Gasteiger partial charge in [-0.2, -0.15) is 12.7 Å². The number of hydrogen-bond acceptors (Lipinski definition) is 4. The van der Waals surface area contributed by atoms with Gasteiger partial charge in [0.1, 0.15) is 18.2 Å². The van der Waals surface area contributed by atoms with Crippen LogP contribution in [0, 0.1) is 19.7 Å². The van der Waals surface area contributed by atoms with Gasteiger partial charge in [0.15, 0.2) is 0 Å². The molecule has 0 saturated heterocycles. The molecule has 0 atom stereocenters. The van der Waals surface area contributed by atoms with E-state index in [2.05, 4.69) is 5.32 Å². The molecule has 1 N–H and O–H groups in total. The molecular weight excluding hydrogens is 469 g/mol. The number of anilines is 1. The number of halogens is 1. The topological polar surface area (TPSA) is 79.0 Å². The van der Waals surface area contributed by atoms with Crippen LogP contribution >= 0.6 is 0 Å². The van der Waals surface area contributed by atoms with Gasteiger partial charge in [-0.25, -0.2) is 4.39 Å². The Morgan fingerprint density at radius 2 is 1.69 bits per heavy atom. The highest BCUT2D eigenvalue weighted by Crippen LogP contribution is 2.25. The molecule has 0 saturated carbocycles. The van der Waals surface area contributed by atoms with Crippen LogP contribution in [0.3, 0.4) is 0 Å². The number of hydrogen-bond donors (Lipinski definition) is 1. The predicted molar refractivity (Wildman–Crippen MR) is 135 cm³/mol. The van der Waals surface area contributed by atoms with Crippen molar-refractivity contribution in [3.63, 3.8) is 0 Å². The first-order valence-electron chi connectivity index (χ1n) is 11.1. The van der Waals surface area contributed by atoms with Crippen molar-refractivity contribution in [2.75, 3.05) is 31.6 Å². The molecular formula is C26H30FN3O4S. The summed E-state index contributed by atoms with van der Waals surface area (Å²) < 4.78 is 47.9. The molecule has 0 spiro atoms. The normalized spacial score (nSPS) is 11.4. The third-order valence-corrected chi connectivity index (χ3v) is 7.18. The zero-order valence-corrected chi connectivity index (χ0v) is 21.1. The van der Waals surface area contributed by atoms with Crippen LogP contribution in [-0.4, -0.2) is 45.9 Å². The number of carbonyl (C=O) groups excluding carboxylic acids is 1. The van der Waals surface area contributed by atoms with Crippen molar-refractivity contribution in [3.05, 3.63) is 94.8 Å². The Morgan fingerprint density at radius 3 is 2.31 bits per heavy atom. The summed E-state index contributed by atoms with van der Waals surface area (Å²) >= 11 is 0. The standard InChI is InChI=1S/C26H30FN3O4S/c1-19-9-14-25(20(2)17-19)34-16-15-28-26(31)22-12-10-21(11-13-22)18-30(35(32,33)29(3)4)24-8-6-5-7-23(24)27/h5-14,17H,15-16,18H2,1-4H3,(H,28,31). The quantitative estimate of drug-likeness (QED) is 0.427. The van der Waals surface area contributed by atoms with E-state index in [1.807, 2.05) is 32.0 Å². The lowest BCUT2D eigenvalue weighted by Gasteiger charge is -2.27. The second-order valence-corrected chi connectivity index (χ2v) is 10.4. The van der Waals surface area contributed by atoms with Crippen LogP contribution in [-0.2, 0) is 16.8 Å². The first-order valence-corrected chi connectivity index (χ1v) is 12.5. The molecule has 3 aromatic rings. The maximum atomic E-state index is 14.4. The van der Waals surface area contributed by atoms with Gasteiger partial charge in [-0.05, 0) is 55.3 Å². The molecule has 0 heterocycles. The molecule has 0 aliphatic rings. The van der Waals surface area contributed by atoms with Gasteiger partial charge in [-0.3, -0.25) is 9.10 Å². The largest absolute Gasteiger partial charge is 0.491 e. The molecule has 0 aliphatic heterocycles. The van der Waals surface area contributed by atoms with Gasteiger partial charge in [-0.15, -0.1) is 0 Å². The second kappa shape index (κ2) is 11.3.